The lowest BCUT2D eigenvalue weighted by Gasteiger charge is -2.28. The van der Waals surface area contributed by atoms with Gasteiger partial charge in [-0.05, 0) is 64.6 Å². The maximum absolute atomic E-state index is 15.2. The zero-order valence-corrected chi connectivity index (χ0v) is 19.3. The number of aromatic nitrogens is 1. The van der Waals surface area contributed by atoms with Gasteiger partial charge in [-0.3, -0.25) is 4.79 Å². The lowest BCUT2D eigenvalue weighted by molar-refractivity contribution is -0.142. The SMILES string of the molecule is COc1cc(-c2ccc([C@H]3Cc4cc(C(C5CC5)[C@H](C)C(=O)O)ccc4CO3)c(F)c2)ccn1. The van der Waals surface area contributed by atoms with Crippen LogP contribution in [0.1, 0.15) is 54.0 Å². The highest BCUT2D eigenvalue weighted by molar-refractivity contribution is 5.71. The molecule has 0 saturated heterocycles. The number of carboxylic acids is 1. The van der Waals surface area contributed by atoms with Crippen LogP contribution >= 0.6 is 0 Å². The Kier molecular flexibility index (Phi) is 6.09. The van der Waals surface area contributed by atoms with E-state index in [1.807, 2.05) is 24.3 Å². The average Bonchev–Trinajstić information content (AvgIpc) is 3.68. The van der Waals surface area contributed by atoms with Crippen molar-refractivity contribution in [3.8, 4) is 17.0 Å². The minimum atomic E-state index is -0.759. The third-order valence-electron chi connectivity index (χ3n) is 7.14. The van der Waals surface area contributed by atoms with Crippen molar-refractivity contribution in [3.63, 3.8) is 0 Å². The second-order valence-electron chi connectivity index (χ2n) is 9.35. The summed E-state index contributed by atoms with van der Waals surface area (Å²) in [6, 6.07) is 15.0. The molecule has 1 fully saturated rings. The van der Waals surface area contributed by atoms with Gasteiger partial charge >= 0.3 is 5.97 Å². The van der Waals surface area contributed by atoms with Crippen LogP contribution in [0.25, 0.3) is 11.1 Å². The van der Waals surface area contributed by atoms with E-state index in [1.54, 1.807) is 32.4 Å². The van der Waals surface area contributed by atoms with Crippen LogP contribution in [0, 0.1) is 17.7 Å². The first-order valence-electron chi connectivity index (χ1n) is 11.7. The molecule has 3 aromatic rings. The lowest BCUT2D eigenvalue weighted by atomic mass is 9.81. The van der Waals surface area contributed by atoms with Crippen LogP contribution in [0.5, 0.6) is 5.88 Å². The van der Waals surface area contributed by atoms with Crippen molar-refractivity contribution >= 4 is 5.97 Å². The summed E-state index contributed by atoms with van der Waals surface area (Å²) in [4.78, 5) is 15.8. The minimum absolute atomic E-state index is 0.0115. The molecule has 0 bridgehead atoms. The van der Waals surface area contributed by atoms with Crippen molar-refractivity contribution in [1.82, 2.24) is 4.98 Å². The summed E-state index contributed by atoms with van der Waals surface area (Å²) in [5, 5.41) is 9.61. The van der Waals surface area contributed by atoms with Gasteiger partial charge in [0, 0.05) is 24.2 Å². The number of pyridine rings is 1. The molecule has 176 valence electrons. The predicted molar refractivity (Wildman–Crippen MR) is 126 cm³/mol. The number of fused-ring (bicyclic) bond motifs is 1. The first-order valence-corrected chi connectivity index (χ1v) is 11.7. The number of hydrogen-bond donors (Lipinski definition) is 1. The van der Waals surface area contributed by atoms with Gasteiger partial charge < -0.3 is 14.6 Å². The summed E-state index contributed by atoms with van der Waals surface area (Å²) in [5.74, 6) is -0.586. The van der Waals surface area contributed by atoms with E-state index in [1.165, 1.54) is 6.07 Å². The Bertz CT molecular complexity index is 1220. The van der Waals surface area contributed by atoms with E-state index in [9.17, 15) is 9.90 Å². The first-order chi connectivity index (χ1) is 16.4. The second kappa shape index (κ2) is 9.18. The van der Waals surface area contributed by atoms with Crippen molar-refractivity contribution in [1.29, 1.82) is 0 Å². The van der Waals surface area contributed by atoms with Crippen LogP contribution in [0.4, 0.5) is 4.39 Å². The molecule has 34 heavy (non-hydrogen) atoms. The molecule has 1 N–H and O–H groups in total. The molecule has 0 amide bonds. The molecular formula is C28H28FNO4. The molecule has 1 unspecified atom stereocenters. The van der Waals surface area contributed by atoms with Gasteiger partial charge in [-0.15, -0.1) is 0 Å². The van der Waals surface area contributed by atoms with Gasteiger partial charge in [-0.25, -0.2) is 9.37 Å². The molecule has 3 atom stereocenters. The van der Waals surface area contributed by atoms with Gasteiger partial charge in [-0.1, -0.05) is 37.3 Å². The quantitative estimate of drug-likeness (QED) is 0.473. The Balaban J connectivity index is 1.40. The van der Waals surface area contributed by atoms with Crippen molar-refractivity contribution < 1.29 is 23.8 Å². The fraction of sp³-hybridized carbons (Fsp3) is 0.357. The molecule has 1 aliphatic heterocycles. The van der Waals surface area contributed by atoms with Gasteiger partial charge in [0.25, 0.3) is 0 Å². The molecule has 5 nitrogen and oxygen atoms in total. The number of nitrogens with zero attached hydrogens (tertiary/aromatic N) is 1. The van der Waals surface area contributed by atoms with E-state index in [2.05, 4.69) is 11.1 Å². The standard InChI is InChI=1S/C28H28FNO4/c1-16(28(31)32)27(17-3-4-17)20-5-6-21-15-34-25(13-22(21)11-20)23-8-7-18(12-24(23)29)19-9-10-30-26(14-19)33-2/h5-12,14,16-17,25,27H,3-4,13,15H2,1-2H3,(H,31,32)/t16-,25+,27?/m0/s1. The second-order valence-corrected chi connectivity index (χ2v) is 9.35. The third kappa shape index (κ3) is 4.42. The monoisotopic (exact) mass is 461 g/mol. The van der Waals surface area contributed by atoms with Gasteiger partial charge in [0.05, 0.1) is 25.7 Å². The highest BCUT2D eigenvalue weighted by atomic mass is 19.1. The molecule has 2 aromatic carbocycles. The van der Waals surface area contributed by atoms with E-state index < -0.39 is 11.9 Å². The number of benzene rings is 2. The van der Waals surface area contributed by atoms with E-state index in [4.69, 9.17) is 9.47 Å². The Labute approximate surface area is 198 Å². The lowest BCUT2D eigenvalue weighted by Crippen LogP contribution is -2.22. The number of hydrogen-bond acceptors (Lipinski definition) is 4. The summed E-state index contributed by atoms with van der Waals surface area (Å²) in [6.45, 7) is 2.21. The number of carbonyl (C=O) groups is 1. The Morgan fingerprint density at radius 1 is 1.12 bits per heavy atom. The van der Waals surface area contributed by atoms with Crippen LogP contribution in [0.2, 0.25) is 0 Å². The van der Waals surface area contributed by atoms with Crippen LogP contribution in [-0.4, -0.2) is 23.2 Å². The van der Waals surface area contributed by atoms with Crippen molar-refractivity contribution in [2.45, 2.75) is 44.8 Å². The molecule has 2 heterocycles. The van der Waals surface area contributed by atoms with Crippen LogP contribution in [-0.2, 0) is 22.6 Å². The molecule has 1 aliphatic carbocycles. The Morgan fingerprint density at radius 2 is 1.91 bits per heavy atom. The van der Waals surface area contributed by atoms with Gasteiger partial charge in [0.15, 0.2) is 0 Å². The smallest absolute Gasteiger partial charge is 0.306 e. The maximum atomic E-state index is 15.2. The maximum Gasteiger partial charge on any atom is 0.306 e. The molecule has 6 heteroatoms. The van der Waals surface area contributed by atoms with Crippen molar-refractivity contribution in [2.75, 3.05) is 7.11 Å². The van der Waals surface area contributed by atoms with Crippen molar-refractivity contribution in [3.05, 3.63) is 82.8 Å². The van der Waals surface area contributed by atoms with E-state index in [-0.39, 0.29) is 17.8 Å². The summed E-state index contributed by atoms with van der Waals surface area (Å²) >= 11 is 0. The number of rotatable bonds is 7. The average molecular weight is 462 g/mol. The molecule has 0 radical (unpaired) electrons. The zero-order valence-electron chi connectivity index (χ0n) is 19.3. The van der Waals surface area contributed by atoms with E-state index in [0.29, 0.717) is 30.4 Å². The number of aliphatic carboxylic acids is 1. The first kappa shape index (κ1) is 22.5. The summed E-state index contributed by atoms with van der Waals surface area (Å²) in [7, 11) is 1.55. The molecule has 2 aliphatic rings. The molecule has 1 saturated carbocycles. The number of methoxy groups -OCH3 is 1. The van der Waals surface area contributed by atoms with Crippen molar-refractivity contribution in [2.24, 2.45) is 11.8 Å². The molecule has 1 aromatic heterocycles. The normalized spacial score (nSPS) is 19.2. The van der Waals surface area contributed by atoms with Gasteiger partial charge in [0.1, 0.15) is 5.82 Å². The van der Waals surface area contributed by atoms with Crippen LogP contribution in [0.15, 0.2) is 54.7 Å². The predicted octanol–water partition coefficient (Wildman–Crippen LogP) is 5.92. The van der Waals surface area contributed by atoms with Gasteiger partial charge in [0.2, 0.25) is 5.88 Å². The highest BCUT2D eigenvalue weighted by Crippen LogP contribution is 2.47. The van der Waals surface area contributed by atoms with E-state index >= 15 is 4.39 Å². The minimum Gasteiger partial charge on any atom is -0.481 e. The third-order valence-corrected chi connectivity index (χ3v) is 7.14. The van der Waals surface area contributed by atoms with Gasteiger partial charge in [-0.2, -0.15) is 0 Å². The fourth-order valence-corrected chi connectivity index (χ4v) is 5.08. The summed E-state index contributed by atoms with van der Waals surface area (Å²) in [6.07, 6.45) is 3.96. The number of carboxylic acid groups (broad SMARTS) is 1. The Hall–Kier alpha value is -3.25. The summed E-state index contributed by atoms with van der Waals surface area (Å²) in [5.41, 5.74) is 5.36. The largest absolute Gasteiger partial charge is 0.481 e. The fourth-order valence-electron chi connectivity index (χ4n) is 5.08. The van der Waals surface area contributed by atoms with Crippen LogP contribution in [0.3, 0.4) is 0 Å². The Morgan fingerprint density at radius 3 is 2.62 bits per heavy atom. The molecule has 5 rings (SSSR count). The molecular weight excluding hydrogens is 433 g/mol. The van der Waals surface area contributed by atoms with Crippen LogP contribution < -0.4 is 4.74 Å². The molecule has 0 spiro atoms. The number of halogens is 1. The van der Waals surface area contributed by atoms with E-state index in [0.717, 1.165) is 40.7 Å². The number of ether oxygens (including phenoxy) is 2. The summed E-state index contributed by atoms with van der Waals surface area (Å²) < 4.78 is 26.4. The highest BCUT2D eigenvalue weighted by Gasteiger charge is 2.39. The topological polar surface area (TPSA) is 68.7 Å². The zero-order chi connectivity index (χ0) is 23.8.